The molecule has 66 valence electrons. The van der Waals surface area contributed by atoms with Gasteiger partial charge in [0.2, 0.25) is 0 Å². The van der Waals surface area contributed by atoms with Crippen LogP contribution in [0.15, 0.2) is 0 Å². The van der Waals surface area contributed by atoms with Crippen molar-refractivity contribution in [2.24, 2.45) is 5.92 Å². The van der Waals surface area contributed by atoms with Gasteiger partial charge in [-0.15, -0.1) is 0 Å². The normalized spacial score (nSPS) is 18.8. The highest BCUT2D eigenvalue weighted by Crippen LogP contribution is 2.19. The molecule has 1 saturated carbocycles. The Morgan fingerprint density at radius 1 is 1.58 bits per heavy atom. The van der Waals surface area contributed by atoms with Crippen molar-refractivity contribution in [3.05, 3.63) is 0 Å². The number of ketones is 2. The monoisotopic (exact) mass is 170 g/mol. The number of rotatable bonds is 3. The molecule has 0 aromatic rings. The first-order chi connectivity index (χ1) is 5.61. The van der Waals surface area contributed by atoms with Crippen molar-refractivity contribution >= 4 is 24.1 Å². The molecule has 0 radical (unpaired) electrons. The third-order valence-corrected chi connectivity index (χ3v) is 1.21. The van der Waals surface area contributed by atoms with Crippen LogP contribution in [-0.2, 0) is 19.2 Å². The summed E-state index contributed by atoms with van der Waals surface area (Å²) in [6.45, 7) is 1.38. The molecule has 1 fully saturated rings. The zero-order valence-corrected chi connectivity index (χ0v) is 6.78. The lowest BCUT2D eigenvalue weighted by atomic mass is 10.3. The molecule has 1 unspecified atom stereocenters. The van der Waals surface area contributed by atoms with Gasteiger partial charge in [0, 0.05) is 6.42 Å². The topological polar surface area (TPSA) is 68.3 Å². The lowest BCUT2D eigenvalue weighted by Gasteiger charge is -1.71. The van der Waals surface area contributed by atoms with Gasteiger partial charge in [0.1, 0.15) is 24.1 Å². The van der Waals surface area contributed by atoms with Crippen molar-refractivity contribution in [3.8, 4) is 0 Å². The van der Waals surface area contributed by atoms with Crippen molar-refractivity contribution in [1.29, 1.82) is 0 Å². The average molecular weight is 170 g/mol. The van der Waals surface area contributed by atoms with E-state index >= 15 is 0 Å². The summed E-state index contributed by atoms with van der Waals surface area (Å²) in [4.78, 5) is 38.7. The van der Waals surface area contributed by atoms with Crippen LogP contribution in [0.3, 0.4) is 0 Å². The van der Waals surface area contributed by atoms with Crippen LogP contribution < -0.4 is 0 Å². The van der Waals surface area contributed by atoms with E-state index in [4.69, 9.17) is 0 Å². The molecule has 0 bridgehead atoms. The summed E-state index contributed by atoms with van der Waals surface area (Å²) in [5, 5.41) is 0. The molecule has 0 aromatic heterocycles. The minimum atomic E-state index is -0.218. The molecule has 1 aliphatic carbocycles. The summed E-state index contributed by atoms with van der Waals surface area (Å²) < 4.78 is 0. The molecule has 1 rings (SSSR count). The third-order valence-electron chi connectivity index (χ3n) is 1.21. The highest BCUT2D eigenvalue weighted by Gasteiger charge is 2.33. The molecule has 0 amide bonds. The van der Waals surface area contributed by atoms with Crippen LogP contribution in [0.25, 0.3) is 0 Å². The number of hydrogen-bond acceptors (Lipinski definition) is 4. The highest BCUT2D eigenvalue weighted by molar-refractivity contribution is 6.07. The van der Waals surface area contributed by atoms with E-state index < -0.39 is 0 Å². The van der Waals surface area contributed by atoms with Crippen molar-refractivity contribution in [2.75, 3.05) is 0 Å². The van der Waals surface area contributed by atoms with Gasteiger partial charge in [0.05, 0.1) is 12.3 Å². The van der Waals surface area contributed by atoms with E-state index in [0.29, 0.717) is 19.0 Å². The molecule has 1 atom stereocenters. The molecule has 0 heterocycles. The van der Waals surface area contributed by atoms with Crippen LogP contribution >= 0.6 is 0 Å². The smallest absolute Gasteiger partial charge is 0.144 e. The first-order valence-corrected chi connectivity index (χ1v) is 3.53. The Balaban J connectivity index is 0.000000202. The number of carbonyl (C=O) groups is 4. The largest absolute Gasteiger partial charge is 0.303 e. The van der Waals surface area contributed by atoms with E-state index in [1.165, 1.54) is 6.92 Å². The van der Waals surface area contributed by atoms with Crippen LogP contribution in [0.1, 0.15) is 19.8 Å². The fraction of sp³-hybridized carbons (Fsp3) is 0.500. The maximum atomic E-state index is 9.89. The molecule has 12 heavy (non-hydrogen) atoms. The minimum Gasteiger partial charge on any atom is -0.303 e. The summed E-state index contributed by atoms with van der Waals surface area (Å²) in [6.07, 6.45) is 1.84. The van der Waals surface area contributed by atoms with Gasteiger partial charge in [-0.3, -0.25) is 9.59 Å². The second-order valence-electron chi connectivity index (χ2n) is 2.49. The first kappa shape index (κ1) is 10.7. The quantitative estimate of drug-likeness (QED) is 0.439. The van der Waals surface area contributed by atoms with Gasteiger partial charge in [0.15, 0.2) is 0 Å². The zero-order valence-electron chi connectivity index (χ0n) is 6.78. The summed E-state index contributed by atoms with van der Waals surface area (Å²) in [5.41, 5.74) is 0. The number of carbonyl (C=O) groups excluding carboxylic acids is 4. The van der Waals surface area contributed by atoms with Crippen LogP contribution in [0.2, 0.25) is 0 Å². The average Bonchev–Trinajstić information content (AvgIpc) is 2.67. The van der Waals surface area contributed by atoms with Gasteiger partial charge >= 0.3 is 0 Å². The van der Waals surface area contributed by atoms with Gasteiger partial charge < -0.3 is 9.59 Å². The molecule has 0 spiro atoms. The summed E-state index contributed by atoms with van der Waals surface area (Å²) >= 11 is 0. The van der Waals surface area contributed by atoms with E-state index in [-0.39, 0.29) is 23.9 Å². The van der Waals surface area contributed by atoms with E-state index in [0.717, 1.165) is 0 Å². The Kier molecular flexibility index (Phi) is 4.76. The molecule has 0 aliphatic heterocycles. The van der Waals surface area contributed by atoms with Gasteiger partial charge in [-0.25, -0.2) is 0 Å². The van der Waals surface area contributed by atoms with E-state index in [2.05, 4.69) is 0 Å². The SMILES string of the molecule is CC(=O)CC=O.O=CC1CC1=O. The lowest BCUT2D eigenvalue weighted by Crippen LogP contribution is -1.87. The van der Waals surface area contributed by atoms with E-state index in [1.807, 2.05) is 0 Å². The Morgan fingerprint density at radius 2 is 2.08 bits per heavy atom. The maximum Gasteiger partial charge on any atom is 0.144 e. The third kappa shape index (κ3) is 5.46. The number of Topliss-reactive ketones (excluding diaryl/α,β-unsaturated/α-hetero) is 2. The fourth-order valence-electron chi connectivity index (χ4n) is 0.399. The van der Waals surface area contributed by atoms with Crippen molar-refractivity contribution in [3.63, 3.8) is 0 Å². The minimum absolute atomic E-state index is 0.0556. The molecule has 0 N–H and O–H groups in total. The van der Waals surface area contributed by atoms with Crippen molar-refractivity contribution in [1.82, 2.24) is 0 Å². The van der Waals surface area contributed by atoms with E-state index in [9.17, 15) is 19.2 Å². The van der Waals surface area contributed by atoms with E-state index in [1.54, 1.807) is 0 Å². The first-order valence-electron chi connectivity index (χ1n) is 3.53. The Labute approximate surface area is 69.9 Å². The van der Waals surface area contributed by atoms with Crippen LogP contribution in [-0.4, -0.2) is 24.1 Å². The maximum absolute atomic E-state index is 9.89. The summed E-state index contributed by atoms with van der Waals surface area (Å²) in [6, 6.07) is 0. The second-order valence-corrected chi connectivity index (χ2v) is 2.49. The molecular weight excluding hydrogens is 160 g/mol. The van der Waals surface area contributed by atoms with Gasteiger partial charge in [-0.2, -0.15) is 0 Å². The molecule has 0 aromatic carbocycles. The second kappa shape index (κ2) is 5.35. The number of aldehydes is 2. The number of hydrogen-bond donors (Lipinski definition) is 0. The van der Waals surface area contributed by atoms with Crippen LogP contribution in [0, 0.1) is 5.92 Å². The summed E-state index contributed by atoms with van der Waals surface area (Å²) in [7, 11) is 0. The van der Waals surface area contributed by atoms with Gasteiger partial charge in [-0.1, -0.05) is 0 Å². The summed E-state index contributed by atoms with van der Waals surface area (Å²) in [5.74, 6) is -0.208. The highest BCUT2D eigenvalue weighted by atomic mass is 16.2. The molecular formula is C8H10O4. The fourth-order valence-corrected chi connectivity index (χ4v) is 0.399. The van der Waals surface area contributed by atoms with Crippen LogP contribution in [0.5, 0.6) is 0 Å². The predicted molar refractivity (Wildman–Crippen MR) is 40.5 cm³/mol. The predicted octanol–water partition coefficient (Wildman–Crippen LogP) is -0.0613. The Hall–Kier alpha value is -1.32. The van der Waals surface area contributed by atoms with Gasteiger partial charge in [-0.05, 0) is 6.92 Å². The molecule has 4 nitrogen and oxygen atoms in total. The lowest BCUT2D eigenvalue weighted by molar-refractivity contribution is -0.121. The van der Waals surface area contributed by atoms with Gasteiger partial charge in [0.25, 0.3) is 0 Å². The molecule has 0 saturated heterocycles. The standard InChI is InChI=1S/C4H4O2.C4H6O2/c5-2-3-1-4(3)6;1-4(6)2-3-5/h2-3H,1H2;3H,2H2,1H3. The Morgan fingerprint density at radius 3 is 2.08 bits per heavy atom. The van der Waals surface area contributed by atoms with Crippen LogP contribution in [0.4, 0.5) is 0 Å². The zero-order chi connectivity index (χ0) is 9.56. The molecule has 1 aliphatic rings. The van der Waals surface area contributed by atoms with Crippen molar-refractivity contribution in [2.45, 2.75) is 19.8 Å². The van der Waals surface area contributed by atoms with Crippen molar-refractivity contribution < 1.29 is 19.2 Å². The molecule has 4 heteroatoms. The Bertz CT molecular complexity index is 205.